The maximum Gasteiger partial charge on any atom is 0.253 e. The zero-order chi connectivity index (χ0) is 47.7. The molecule has 3 aliphatic rings. The topological polar surface area (TPSA) is 186 Å². The molecule has 0 radical (unpaired) electrons. The molecule has 3 aliphatic heterocycles. The van der Waals surface area contributed by atoms with Crippen LogP contribution >= 0.6 is 0 Å². The highest BCUT2D eigenvalue weighted by Gasteiger charge is 2.44. The fourth-order valence-electron chi connectivity index (χ4n) is 8.10. The molecule has 0 aromatic heterocycles. The Morgan fingerprint density at radius 2 is 1.24 bits per heavy atom. The number of para-hydroxylation sites is 2. The van der Waals surface area contributed by atoms with E-state index in [9.17, 15) is 14.4 Å². The lowest BCUT2D eigenvalue weighted by molar-refractivity contribution is -0.442. The van der Waals surface area contributed by atoms with Gasteiger partial charge >= 0.3 is 0 Å². The maximum atomic E-state index is 12.0. The predicted molar refractivity (Wildman–Crippen MR) is 256 cm³/mol. The Balaban J connectivity index is 1.00. The number of hydrogen-bond donors (Lipinski definition) is 1. The summed E-state index contributed by atoms with van der Waals surface area (Å²) in [4.78, 5) is 41.2. The van der Waals surface area contributed by atoms with Crippen LogP contribution in [-0.4, -0.2) is 158 Å². The number of carbonyl (C=O) groups excluding carboxylic acids is 3. The van der Waals surface area contributed by atoms with Gasteiger partial charge in [-0.3, -0.25) is 19.3 Å². The average molecular weight is 927 g/mol. The Morgan fingerprint density at radius 1 is 0.672 bits per heavy atom. The molecule has 0 unspecified atom stereocenters. The minimum absolute atomic E-state index is 0.138. The molecule has 0 fully saturated rings. The van der Waals surface area contributed by atoms with Crippen LogP contribution in [0.25, 0.3) is 10.4 Å². The van der Waals surface area contributed by atoms with E-state index in [1.807, 2.05) is 0 Å². The van der Waals surface area contributed by atoms with Crippen LogP contribution in [0.3, 0.4) is 0 Å². The molecule has 1 N–H and O–H groups in total. The van der Waals surface area contributed by atoms with Gasteiger partial charge in [0.1, 0.15) is 6.61 Å². The van der Waals surface area contributed by atoms with Crippen molar-refractivity contribution < 1.29 is 52.1 Å². The second kappa shape index (κ2) is 28.0. The molecule has 17 nitrogen and oxygen atoms in total. The number of nitrogens with one attached hydrogen (secondary N) is 1. The van der Waals surface area contributed by atoms with Crippen molar-refractivity contribution in [1.29, 1.82) is 0 Å². The number of fused-ring (bicyclic) bond motifs is 2. The summed E-state index contributed by atoms with van der Waals surface area (Å²) >= 11 is 0. The molecule has 0 aliphatic carbocycles. The van der Waals surface area contributed by atoms with Crippen LogP contribution in [-0.2, 0) is 58.4 Å². The SMILES string of the molecule is CC1(C)C(=C/C=C/C=C/C2=[N+](CCOCCOCCOCCOCCC(=O)NCCN3C(=O)C=CC3=O)c3ccccc3C2(C)C)N(CCOCCOCCOCCN=[N+]=[N-])c2ccccc21. The second-order valence-electron chi connectivity index (χ2n) is 16.8. The summed E-state index contributed by atoms with van der Waals surface area (Å²) in [6, 6.07) is 17.1. The zero-order valence-corrected chi connectivity index (χ0v) is 39.6. The molecule has 5 rings (SSSR count). The minimum atomic E-state index is -0.369. The highest BCUT2D eigenvalue weighted by Crippen LogP contribution is 2.47. The number of carbonyl (C=O) groups is 3. The van der Waals surface area contributed by atoms with E-state index in [2.05, 4.69) is 131 Å². The lowest BCUT2D eigenvalue weighted by Crippen LogP contribution is -2.38. The molecule has 362 valence electrons. The van der Waals surface area contributed by atoms with Gasteiger partial charge in [-0.1, -0.05) is 73.6 Å². The van der Waals surface area contributed by atoms with Gasteiger partial charge in [-0.15, -0.1) is 0 Å². The van der Waals surface area contributed by atoms with E-state index in [1.165, 1.54) is 46.1 Å². The molecule has 2 aromatic rings. The van der Waals surface area contributed by atoms with E-state index in [0.29, 0.717) is 106 Å². The summed E-state index contributed by atoms with van der Waals surface area (Å²) in [5, 5.41) is 6.13. The van der Waals surface area contributed by atoms with Crippen molar-refractivity contribution in [2.24, 2.45) is 5.11 Å². The quantitative estimate of drug-likeness (QED) is 0.0176. The van der Waals surface area contributed by atoms with Crippen molar-refractivity contribution in [2.45, 2.75) is 44.9 Å². The minimum Gasteiger partial charge on any atom is -0.379 e. The van der Waals surface area contributed by atoms with Crippen LogP contribution in [0.15, 0.2) is 102 Å². The van der Waals surface area contributed by atoms with Crippen molar-refractivity contribution in [2.75, 3.05) is 130 Å². The molecule has 17 heteroatoms. The molecule has 0 atom stereocenters. The molecule has 3 amide bonds. The third-order valence-corrected chi connectivity index (χ3v) is 11.5. The van der Waals surface area contributed by atoms with E-state index in [1.54, 1.807) is 0 Å². The lowest BCUT2D eigenvalue weighted by atomic mass is 9.81. The Labute approximate surface area is 394 Å². The number of amides is 3. The first-order chi connectivity index (χ1) is 32.6. The number of ether oxygens (including phenoxy) is 7. The summed E-state index contributed by atoms with van der Waals surface area (Å²) in [5.74, 6) is -0.951. The van der Waals surface area contributed by atoms with E-state index in [0.717, 1.165) is 4.90 Å². The molecule has 0 saturated carbocycles. The fraction of sp³-hybridized carbons (Fsp3) is 0.520. The monoisotopic (exact) mass is 927 g/mol. The van der Waals surface area contributed by atoms with Crippen LogP contribution in [0.1, 0.15) is 45.2 Å². The van der Waals surface area contributed by atoms with Crippen molar-refractivity contribution >= 4 is 34.8 Å². The Bertz CT molecular complexity index is 2130. The van der Waals surface area contributed by atoms with Gasteiger partial charge in [-0.25, -0.2) is 0 Å². The van der Waals surface area contributed by atoms with Crippen LogP contribution < -0.4 is 10.2 Å². The Hall–Kier alpha value is -5.49. The van der Waals surface area contributed by atoms with Gasteiger partial charge in [0.2, 0.25) is 11.6 Å². The van der Waals surface area contributed by atoms with E-state index < -0.39 is 0 Å². The van der Waals surface area contributed by atoms with Crippen LogP contribution in [0.5, 0.6) is 0 Å². The van der Waals surface area contributed by atoms with E-state index in [-0.39, 0.29) is 54.7 Å². The first kappa shape index (κ1) is 52.5. The third-order valence-electron chi connectivity index (χ3n) is 11.5. The molecule has 0 bridgehead atoms. The largest absolute Gasteiger partial charge is 0.379 e. The summed E-state index contributed by atoms with van der Waals surface area (Å²) in [6.45, 7) is 17.2. The summed E-state index contributed by atoms with van der Waals surface area (Å²) in [6.07, 6.45) is 13.4. The average Bonchev–Trinajstić information content (AvgIpc) is 3.84. The molecular formula is C50H68N7O10+. The van der Waals surface area contributed by atoms with Gasteiger partial charge in [-0.05, 0) is 37.1 Å². The van der Waals surface area contributed by atoms with Gasteiger partial charge in [0.15, 0.2) is 12.3 Å². The first-order valence-corrected chi connectivity index (χ1v) is 23.1. The lowest BCUT2D eigenvalue weighted by Gasteiger charge is -2.27. The number of hydrogen-bond acceptors (Lipinski definition) is 12. The molecule has 3 heterocycles. The fourth-order valence-corrected chi connectivity index (χ4v) is 8.10. The number of azide groups is 1. The van der Waals surface area contributed by atoms with Crippen molar-refractivity contribution in [1.82, 2.24) is 10.2 Å². The van der Waals surface area contributed by atoms with Crippen LogP contribution in [0, 0.1) is 0 Å². The van der Waals surface area contributed by atoms with E-state index in [4.69, 9.17) is 38.7 Å². The molecule has 0 spiro atoms. The van der Waals surface area contributed by atoms with Gasteiger partial charge in [0, 0.05) is 84.2 Å². The maximum absolute atomic E-state index is 12.0. The number of nitrogens with zero attached hydrogens (tertiary/aromatic N) is 6. The third kappa shape index (κ3) is 15.8. The normalized spacial score (nSPS) is 16.6. The number of imide groups is 1. The molecule has 2 aromatic carbocycles. The molecular weight excluding hydrogens is 859 g/mol. The van der Waals surface area contributed by atoms with E-state index >= 15 is 0 Å². The highest BCUT2D eigenvalue weighted by molar-refractivity contribution is 6.12. The molecule has 0 saturated heterocycles. The predicted octanol–water partition coefficient (Wildman–Crippen LogP) is 5.71. The number of rotatable bonds is 33. The van der Waals surface area contributed by atoms with Crippen molar-refractivity contribution in [3.8, 4) is 0 Å². The smallest absolute Gasteiger partial charge is 0.253 e. The second-order valence-corrected chi connectivity index (χ2v) is 16.8. The van der Waals surface area contributed by atoms with Gasteiger partial charge in [0.25, 0.3) is 11.8 Å². The molecule has 67 heavy (non-hydrogen) atoms. The summed E-state index contributed by atoms with van der Waals surface area (Å²) < 4.78 is 42.1. The Morgan fingerprint density at radius 3 is 1.90 bits per heavy atom. The standard InChI is InChI=1S/C50H67N7O10/c1-49(2)40-12-8-10-14-42(40)55(24-28-63-32-36-66-35-31-62-27-22-53-54-51)44(49)16-6-5-7-17-45-50(3,4)41-13-9-11-15-43(41)56(45)25-29-64-33-37-67-39-38-65-34-30-61-26-20-46(58)52-21-23-57-47(59)18-19-48(57)60/h5-19H,20-39H2,1-4H3/p+1. The number of benzene rings is 2. The zero-order valence-electron chi connectivity index (χ0n) is 39.6. The summed E-state index contributed by atoms with van der Waals surface area (Å²) in [7, 11) is 0. The van der Waals surface area contributed by atoms with Crippen LogP contribution in [0.2, 0.25) is 0 Å². The number of anilines is 1. The number of allylic oxidation sites excluding steroid dienone is 6. The van der Waals surface area contributed by atoms with Gasteiger partial charge < -0.3 is 43.4 Å². The van der Waals surface area contributed by atoms with Crippen LogP contribution in [0.4, 0.5) is 11.4 Å². The van der Waals surface area contributed by atoms with Gasteiger partial charge in [0.05, 0.1) is 91.3 Å². The first-order valence-electron chi connectivity index (χ1n) is 23.1. The summed E-state index contributed by atoms with van der Waals surface area (Å²) in [5.41, 5.74) is 15.3. The van der Waals surface area contributed by atoms with Crippen molar-refractivity contribution in [3.63, 3.8) is 0 Å². The van der Waals surface area contributed by atoms with Crippen molar-refractivity contribution in [3.05, 3.63) is 118 Å². The highest BCUT2D eigenvalue weighted by atomic mass is 16.6. The Kier molecular flexibility index (Phi) is 21.9. The van der Waals surface area contributed by atoms with Gasteiger partial charge in [-0.2, -0.15) is 4.58 Å².